The first-order valence-electron chi connectivity index (χ1n) is 8.35. The number of rotatable bonds is 5. The van der Waals surface area contributed by atoms with Crippen molar-refractivity contribution in [1.29, 1.82) is 0 Å². The van der Waals surface area contributed by atoms with Gasteiger partial charge in [0.15, 0.2) is 0 Å². The molecule has 2 aromatic carbocycles. The van der Waals surface area contributed by atoms with Crippen LogP contribution in [0.1, 0.15) is 35.4 Å². The number of nitrogens with zero attached hydrogens (tertiary/aromatic N) is 1. The zero-order valence-electron chi connectivity index (χ0n) is 14.9. The number of hydrogen-bond donors (Lipinski definition) is 1. The molecule has 0 saturated heterocycles. The zero-order valence-corrected chi connectivity index (χ0v) is 15.7. The van der Waals surface area contributed by atoms with Gasteiger partial charge in [0.2, 0.25) is 5.89 Å². The first-order chi connectivity index (χ1) is 12.3. The van der Waals surface area contributed by atoms with E-state index in [4.69, 9.17) is 4.42 Å². The van der Waals surface area contributed by atoms with Crippen molar-refractivity contribution in [3.63, 3.8) is 0 Å². The van der Waals surface area contributed by atoms with E-state index < -0.39 is 10.1 Å². The largest absolute Gasteiger partial charge is 0.441 e. The molecule has 1 N–H and O–H groups in total. The maximum absolute atomic E-state index is 11.7. The molecule has 5 nitrogen and oxygen atoms in total. The van der Waals surface area contributed by atoms with Crippen molar-refractivity contribution in [3.8, 4) is 11.5 Å². The highest BCUT2D eigenvalue weighted by atomic mass is 32.2. The van der Waals surface area contributed by atoms with Crippen LogP contribution in [0.4, 0.5) is 0 Å². The summed E-state index contributed by atoms with van der Waals surface area (Å²) in [5.41, 5.74) is 3.18. The van der Waals surface area contributed by atoms with Crippen molar-refractivity contribution in [2.45, 2.75) is 38.0 Å². The smallest absolute Gasteiger partial charge is 0.294 e. The summed E-state index contributed by atoms with van der Waals surface area (Å²) in [6.45, 7) is 5.71. The van der Waals surface area contributed by atoms with Gasteiger partial charge in [0.25, 0.3) is 10.1 Å². The molecule has 3 aromatic rings. The molecule has 1 heterocycles. The normalized spacial score (nSPS) is 12.9. The van der Waals surface area contributed by atoms with Gasteiger partial charge in [-0.1, -0.05) is 42.8 Å². The molecule has 0 aliphatic carbocycles. The first-order valence-corrected chi connectivity index (χ1v) is 9.79. The summed E-state index contributed by atoms with van der Waals surface area (Å²) >= 11 is 0. The Bertz CT molecular complexity index is 1020. The lowest BCUT2D eigenvalue weighted by Gasteiger charge is -2.13. The predicted molar refractivity (Wildman–Crippen MR) is 99.8 cm³/mol. The fourth-order valence-corrected chi connectivity index (χ4v) is 3.83. The van der Waals surface area contributed by atoms with Crippen molar-refractivity contribution in [2.75, 3.05) is 0 Å². The van der Waals surface area contributed by atoms with Gasteiger partial charge in [-0.05, 0) is 44.0 Å². The second-order valence-corrected chi connectivity index (χ2v) is 7.91. The van der Waals surface area contributed by atoms with E-state index in [2.05, 4.69) is 4.98 Å². The molecule has 3 rings (SSSR count). The van der Waals surface area contributed by atoms with E-state index in [1.165, 1.54) is 6.07 Å². The van der Waals surface area contributed by atoms with Gasteiger partial charge < -0.3 is 4.42 Å². The lowest BCUT2D eigenvalue weighted by Crippen LogP contribution is -2.08. The molecule has 0 saturated carbocycles. The van der Waals surface area contributed by atoms with Crippen LogP contribution in [0.25, 0.3) is 11.5 Å². The lowest BCUT2D eigenvalue weighted by atomic mass is 9.96. The molecule has 26 heavy (non-hydrogen) atoms. The Kier molecular flexibility index (Phi) is 4.98. The minimum Gasteiger partial charge on any atom is -0.441 e. The first kappa shape index (κ1) is 18.4. The average Bonchev–Trinajstić information content (AvgIpc) is 2.96. The SMILES string of the molecule is Cc1ccc(S(=O)(=O)O)c(CC(C)c2nc(-c3ccccc3)oc2C)c1. The molecule has 0 amide bonds. The summed E-state index contributed by atoms with van der Waals surface area (Å²) in [5.74, 6) is 1.18. The van der Waals surface area contributed by atoms with Crippen LogP contribution in [-0.2, 0) is 16.5 Å². The highest BCUT2D eigenvalue weighted by molar-refractivity contribution is 7.85. The molecule has 0 radical (unpaired) electrons. The number of benzene rings is 2. The fourth-order valence-electron chi connectivity index (χ4n) is 3.12. The van der Waals surface area contributed by atoms with Crippen LogP contribution in [0.2, 0.25) is 0 Å². The molecule has 1 aromatic heterocycles. The number of hydrogen-bond acceptors (Lipinski definition) is 4. The third-order valence-electron chi connectivity index (χ3n) is 4.34. The Morgan fingerprint density at radius 2 is 1.81 bits per heavy atom. The third kappa shape index (κ3) is 3.86. The summed E-state index contributed by atoms with van der Waals surface area (Å²) in [6.07, 6.45) is 0.429. The van der Waals surface area contributed by atoms with E-state index in [1.54, 1.807) is 12.1 Å². The summed E-state index contributed by atoms with van der Waals surface area (Å²) in [7, 11) is -4.27. The molecular formula is C20H21NO4S. The van der Waals surface area contributed by atoms with Gasteiger partial charge in [-0.15, -0.1) is 0 Å². The Balaban J connectivity index is 1.94. The van der Waals surface area contributed by atoms with Gasteiger partial charge in [0, 0.05) is 11.5 Å². The summed E-state index contributed by atoms with van der Waals surface area (Å²) < 4.78 is 38.6. The van der Waals surface area contributed by atoms with Crippen molar-refractivity contribution in [1.82, 2.24) is 4.98 Å². The highest BCUT2D eigenvalue weighted by Crippen LogP contribution is 2.30. The van der Waals surface area contributed by atoms with Crippen LogP contribution in [0.3, 0.4) is 0 Å². The Morgan fingerprint density at radius 3 is 2.46 bits per heavy atom. The maximum Gasteiger partial charge on any atom is 0.294 e. The minimum absolute atomic E-state index is 0.0561. The van der Waals surface area contributed by atoms with Gasteiger partial charge in [-0.25, -0.2) is 4.98 Å². The van der Waals surface area contributed by atoms with Crippen LogP contribution in [0, 0.1) is 13.8 Å². The van der Waals surface area contributed by atoms with Crippen LogP contribution in [-0.4, -0.2) is 18.0 Å². The van der Waals surface area contributed by atoms with Crippen molar-refractivity contribution in [2.24, 2.45) is 0 Å². The van der Waals surface area contributed by atoms with E-state index in [9.17, 15) is 13.0 Å². The minimum atomic E-state index is -4.27. The van der Waals surface area contributed by atoms with Crippen LogP contribution >= 0.6 is 0 Å². The molecule has 1 unspecified atom stereocenters. The van der Waals surface area contributed by atoms with E-state index in [-0.39, 0.29) is 10.8 Å². The monoisotopic (exact) mass is 371 g/mol. The van der Waals surface area contributed by atoms with Gasteiger partial charge in [0.1, 0.15) is 5.76 Å². The molecule has 0 bridgehead atoms. The summed E-state index contributed by atoms with van der Waals surface area (Å²) in [5, 5.41) is 0. The van der Waals surface area contributed by atoms with Gasteiger partial charge >= 0.3 is 0 Å². The second-order valence-electron chi connectivity index (χ2n) is 6.52. The Hall–Kier alpha value is -2.44. The van der Waals surface area contributed by atoms with Crippen molar-refractivity contribution < 1.29 is 17.4 Å². The van der Waals surface area contributed by atoms with Gasteiger partial charge in [0.05, 0.1) is 10.6 Å². The average molecular weight is 371 g/mol. The van der Waals surface area contributed by atoms with Crippen LogP contribution < -0.4 is 0 Å². The molecule has 0 aliphatic heterocycles. The molecule has 0 spiro atoms. The van der Waals surface area contributed by atoms with Crippen molar-refractivity contribution >= 4 is 10.1 Å². The van der Waals surface area contributed by atoms with E-state index in [0.717, 1.165) is 16.8 Å². The molecule has 6 heteroatoms. The summed E-state index contributed by atoms with van der Waals surface area (Å²) in [6, 6.07) is 14.5. The van der Waals surface area contributed by atoms with Gasteiger partial charge in [-0.3, -0.25) is 4.55 Å². The maximum atomic E-state index is 11.7. The fraction of sp³-hybridized carbons (Fsp3) is 0.250. The Labute approximate surface area is 153 Å². The number of aromatic nitrogens is 1. The highest BCUT2D eigenvalue weighted by Gasteiger charge is 2.21. The number of aryl methyl sites for hydroxylation is 2. The van der Waals surface area contributed by atoms with Gasteiger partial charge in [-0.2, -0.15) is 8.42 Å². The molecule has 0 aliphatic rings. The van der Waals surface area contributed by atoms with E-state index in [1.807, 2.05) is 51.1 Å². The molecular weight excluding hydrogens is 350 g/mol. The Morgan fingerprint density at radius 1 is 1.12 bits per heavy atom. The van der Waals surface area contributed by atoms with Crippen LogP contribution in [0.5, 0.6) is 0 Å². The molecule has 136 valence electrons. The topological polar surface area (TPSA) is 80.4 Å². The standard InChI is InChI=1S/C20H21NO4S/c1-13-9-10-18(26(22,23)24)17(11-13)12-14(2)19-15(3)25-20(21-19)16-7-5-4-6-8-16/h4-11,14H,12H2,1-3H3,(H,22,23,24). The quantitative estimate of drug-likeness (QED) is 0.666. The lowest BCUT2D eigenvalue weighted by molar-refractivity contribution is 0.481. The zero-order chi connectivity index (χ0) is 18.9. The third-order valence-corrected chi connectivity index (χ3v) is 5.29. The molecule has 1 atom stereocenters. The second kappa shape index (κ2) is 7.05. The molecule has 0 fully saturated rings. The van der Waals surface area contributed by atoms with E-state index in [0.29, 0.717) is 23.6 Å². The predicted octanol–water partition coefficient (Wildman–Crippen LogP) is 4.55. The summed E-state index contributed by atoms with van der Waals surface area (Å²) in [4.78, 5) is 4.56. The van der Waals surface area contributed by atoms with Crippen LogP contribution in [0.15, 0.2) is 57.8 Å². The van der Waals surface area contributed by atoms with E-state index >= 15 is 0 Å². The van der Waals surface area contributed by atoms with Crippen molar-refractivity contribution in [3.05, 3.63) is 71.1 Å². The number of oxazole rings is 1.